The molecule has 0 aromatic heterocycles. The minimum atomic E-state index is -3.15. The van der Waals surface area contributed by atoms with Crippen molar-refractivity contribution >= 4 is 10.0 Å². The fraction of sp³-hybridized carbons (Fsp3) is 1.00. The molecule has 1 fully saturated rings. The SMILES string of the molecule is CS(=O)(=O)N1CCNC[C@H]1CO. The van der Waals surface area contributed by atoms with Crippen LogP contribution in [0.5, 0.6) is 0 Å². The Labute approximate surface area is 72.4 Å². The summed E-state index contributed by atoms with van der Waals surface area (Å²) < 4.78 is 23.6. The van der Waals surface area contributed by atoms with Crippen molar-refractivity contribution in [1.82, 2.24) is 9.62 Å². The van der Waals surface area contributed by atoms with Crippen molar-refractivity contribution in [3.63, 3.8) is 0 Å². The highest BCUT2D eigenvalue weighted by molar-refractivity contribution is 7.88. The molecule has 1 saturated heterocycles. The third kappa shape index (κ3) is 2.16. The summed E-state index contributed by atoms with van der Waals surface area (Å²) in [7, 11) is -3.15. The quantitative estimate of drug-likeness (QED) is 0.545. The number of hydrogen-bond donors (Lipinski definition) is 2. The normalized spacial score (nSPS) is 27.3. The Morgan fingerprint density at radius 1 is 1.67 bits per heavy atom. The molecule has 72 valence electrons. The van der Waals surface area contributed by atoms with Crippen LogP contribution in [0.25, 0.3) is 0 Å². The second-order valence-electron chi connectivity index (χ2n) is 2.91. The number of sulfonamides is 1. The van der Waals surface area contributed by atoms with E-state index in [2.05, 4.69) is 5.32 Å². The van der Waals surface area contributed by atoms with Crippen LogP contribution >= 0.6 is 0 Å². The fourth-order valence-corrected chi connectivity index (χ4v) is 2.44. The van der Waals surface area contributed by atoms with Gasteiger partial charge in [0.1, 0.15) is 0 Å². The highest BCUT2D eigenvalue weighted by atomic mass is 32.2. The second kappa shape index (κ2) is 3.69. The smallest absolute Gasteiger partial charge is 0.211 e. The number of rotatable bonds is 2. The van der Waals surface area contributed by atoms with Gasteiger partial charge in [-0.3, -0.25) is 0 Å². The van der Waals surface area contributed by atoms with Crippen LogP contribution < -0.4 is 5.32 Å². The van der Waals surface area contributed by atoms with E-state index in [1.54, 1.807) is 0 Å². The first-order chi connectivity index (χ1) is 5.55. The maximum Gasteiger partial charge on any atom is 0.211 e. The van der Waals surface area contributed by atoms with Crippen LogP contribution in [0, 0.1) is 0 Å². The van der Waals surface area contributed by atoms with Crippen LogP contribution in [0.3, 0.4) is 0 Å². The van der Waals surface area contributed by atoms with Gasteiger partial charge in [-0.1, -0.05) is 0 Å². The molecule has 0 saturated carbocycles. The zero-order valence-electron chi connectivity index (χ0n) is 7.02. The minimum absolute atomic E-state index is 0.125. The molecular formula is C6H14N2O3S. The molecule has 1 aliphatic heterocycles. The molecule has 2 N–H and O–H groups in total. The van der Waals surface area contributed by atoms with E-state index in [0.29, 0.717) is 19.6 Å². The Bertz CT molecular complexity index is 239. The summed E-state index contributed by atoms with van der Waals surface area (Å²) in [5.41, 5.74) is 0. The first-order valence-electron chi connectivity index (χ1n) is 3.84. The summed E-state index contributed by atoms with van der Waals surface area (Å²) in [6.07, 6.45) is 1.17. The van der Waals surface area contributed by atoms with Crippen LogP contribution in [-0.4, -0.2) is 56.4 Å². The Balaban J connectivity index is 2.72. The number of hydrogen-bond acceptors (Lipinski definition) is 4. The monoisotopic (exact) mass is 194 g/mol. The lowest BCUT2D eigenvalue weighted by molar-refractivity contribution is 0.165. The molecule has 6 heteroatoms. The van der Waals surface area contributed by atoms with Crippen molar-refractivity contribution in [2.45, 2.75) is 6.04 Å². The second-order valence-corrected chi connectivity index (χ2v) is 4.85. The van der Waals surface area contributed by atoms with Gasteiger partial charge in [-0.05, 0) is 0 Å². The van der Waals surface area contributed by atoms with Crippen molar-refractivity contribution in [1.29, 1.82) is 0 Å². The molecule has 0 aromatic rings. The molecule has 5 nitrogen and oxygen atoms in total. The van der Waals surface area contributed by atoms with E-state index in [-0.39, 0.29) is 12.6 Å². The molecule has 1 heterocycles. The Kier molecular flexibility index (Phi) is 3.05. The van der Waals surface area contributed by atoms with Crippen molar-refractivity contribution in [3.05, 3.63) is 0 Å². The maximum atomic E-state index is 11.1. The number of nitrogens with one attached hydrogen (secondary N) is 1. The lowest BCUT2D eigenvalue weighted by atomic mass is 10.2. The van der Waals surface area contributed by atoms with E-state index in [1.165, 1.54) is 10.6 Å². The van der Waals surface area contributed by atoms with Gasteiger partial charge in [-0.25, -0.2) is 8.42 Å². The molecular weight excluding hydrogens is 180 g/mol. The highest BCUT2D eigenvalue weighted by Gasteiger charge is 2.28. The molecule has 12 heavy (non-hydrogen) atoms. The number of aliphatic hydroxyl groups is 1. The molecule has 0 aromatic carbocycles. The Hall–Kier alpha value is -0.170. The Morgan fingerprint density at radius 3 is 2.75 bits per heavy atom. The minimum Gasteiger partial charge on any atom is -0.395 e. The van der Waals surface area contributed by atoms with Gasteiger partial charge in [0.15, 0.2) is 0 Å². The van der Waals surface area contributed by atoms with Crippen LogP contribution in [-0.2, 0) is 10.0 Å². The summed E-state index contributed by atoms with van der Waals surface area (Å²) in [5, 5.41) is 11.9. The standard InChI is InChI=1S/C6H14N2O3S/c1-12(10,11)8-3-2-7-4-6(8)5-9/h6-7,9H,2-5H2,1H3/t6-/m0/s1. The molecule has 1 atom stereocenters. The van der Waals surface area contributed by atoms with Crippen molar-refractivity contribution in [2.24, 2.45) is 0 Å². The van der Waals surface area contributed by atoms with Gasteiger partial charge in [-0.15, -0.1) is 0 Å². The topological polar surface area (TPSA) is 69.6 Å². The highest BCUT2D eigenvalue weighted by Crippen LogP contribution is 2.07. The van der Waals surface area contributed by atoms with Gasteiger partial charge in [0.2, 0.25) is 10.0 Å². The van der Waals surface area contributed by atoms with E-state index >= 15 is 0 Å². The zero-order valence-corrected chi connectivity index (χ0v) is 7.84. The van der Waals surface area contributed by atoms with E-state index < -0.39 is 10.0 Å². The summed E-state index contributed by atoms with van der Waals surface area (Å²) in [5.74, 6) is 0. The predicted octanol–water partition coefficient (Wildman–Crippen LogP) is -1.79. The molecule has 0 radical (unpaired) electrons. The average molecular weight is 194 g/mol. The van der Waals surface area contributed by atoms with Crippen molar-refractivity contribution in [3.8, 4) is 0 Å². The van der Waals surface area contributed by atoms with Crippen LogP contribution in [0.4, 0.5) is 0 Å². The molecule has 1 rings (SSSR count). The summed E-state index contributed by atoms with van der Waals surface area (Å²) >= 11 is 0. The largest absolute Gasteiger partial charge is 0.395 e. The summed E-state index contributed by atoms with van der Waals surface area (Å²) in [4.78, 5) is 0. The van der Waals surface area contributed by atoms with Gasteiger partial charge in [0.25, 0.3) is 0 Å². The van der Waals surface area contributed by atoms with E-state index in [9.17, 15) is 8.42 Å². The van der Waals surface area contributed by atoms with Gasteiger partial charge < -0.3 is 10.4 Å². The van der Waals surface area contributed by atoms with Crippen molar-refractivity contribution < 1.29 is 13.5 Å². The van der Waals surface area contributed by atoms with Crippen LogP contribution in [0.1, 0.15) is 0 Å². The van der Waals surface area contributed by atoms with Crippen molar-refractivity contribution in [2.75, 3.05) is 32.5 Å². The lowest BCUT2D eigenvalue weighted by Crippen LogP contribution is -2.54. The molecule has 0 spiro atoms. The van der Waals surface area contributed by atoms with E-state index in [4.69, 9.17) is 5.11 Å². The predicted molar refractivity (Wildman–Crippen MR) is 45.3 cm³/mol. The van der Waals surface area contributed by atoms with Gasteiger partial charge >= 0.3 is 0 Å². The molecule has 0 aliphatic carbocycles. The average Bonchev–Trinajstić information content (AvgIpc) is 2.03. The molecule has 0 amide bonds. The zero-order chi connectivity index (χ0) is 9.19. The third-order valence-corrected chi connectivity index (χ3v) is 3.27. The summed E-state index contributed by atoms with van der Waals surface area (Å²) in [6, 6.07) is -0.297. The number of piperazine rings is 1. The lowest BCUT2D eigenvalue weighted by Gasteiger charge is -2.32. The van der Waals surface area contributed by atoms with Crippen LogP contribution in [0.2, 0.25) is 0 Å². The van der Waals surface area contributed by atoms with Gasteiger partial charge in [0, 0.05) is 19.6 Å². The van der Waals surface area contributed by atoms with E-state index in [1.807, 2.05) is 0 Å². The van der Waals surface area contributed by atoms with Gasteiger partial charge in [-0.2, -0.15) is 4.31 Å². The maximum absolute atomic E-state index is 11.1. The fourth-order valence-electron chi connectivity index (χ4n) is 1.33. The van der Waals surface area contributed by atoms with Crippen LogP contribution in [0.15, 0.2) is 0 Å². The Morgan fingerprint density at radius 2 is 2.33 bits per heavy atom. The van der Waals surface area contributed by atoms with E-state index in [0.717, 1.165) is 0 Å². The molecule has 0 bridgehead atoms. The third-order valence-electron chi connectivity index (χ3n) is 1.93. The molecule has 0 unspecified atom stereocenters. The first kappa shape index (κ1) is 9.91. The summed E-state index contributed by atoms with van der Waals surface area (Å²) in [6.45, 7) is 1.51. The number of aliphatic hydroxyl groups excluding tert-OH is 1. The van der Waals surface area contributed by atoms with Gasteiger partial charge in [0.05, 0.1) is 18.9 Å². The molecule has 1 aliphatic rings. The number of nitrogens with zero attached hydrogens (tertiary/aromatic N) is 1. The first-order valence-corrected chi connectivity index (χ1v) is 5.69.